The van der Waals surface area contributed by atoms with Crippen LogP contribution in [0.1, 0.15) is 37.7 Å². The molecule has 2 aromatic carbocycles. The summed E-state index contributed by atoms with van der Waals surface area (Å²) in [6.07, 6.45) is 2.38. The molecule has 2 fully saturated rings. The van der Waals surface area contributed by atoms with E-state index in [0.717, 1.165) is 25.0 Å². The number of fused-ring (bicyclic) bond motifs is 3. The molecule has 0 saturated heterocycles. The van der Waals surface area contributed by atoms with Crippen LogP contribution in [0.3, 0.4) is 0 Å². The maximum absolute atomic E-state index is 15.2. The van der Waals surface area contributed by atoms with E-state index < -0.39 is 32.1 Å². The van der Waals surface area contributed by atoms with Gasteiger partial charge in [0, 0.05) is 22.9 Å². The Labute approximate surface area is 190 Å². The number of halogens is 3. The molecule has 0 aromatic heterocycles. The fraction of sp³-hybridized carbons (Fsp3) is 0.435. The Morgan fingerprint density at radius 1 is 1.06 bits per heavy atom. The Hall–Kier alpha value is -2.19. The molecule has 0 unspecified atom stereocenters. The first-order valence-corrected chi connectivity index (χ1v) is 12.5. The largest absolute Gasteiger partial charge is 0.490 e. The third kappa shape index (κ3) is 3.30. The molecule has 0 radical (unpaired) electrons. The van der Waals surface area contributed by atoms with Gasteiger partial charge < -0.3 is 10.1 Å². The number of carbonyl (C=O) groups is 1. The normalized spacial score (nSPS) is 27.1. The maximum atomic E-state index is 15.2. The lowest BCUT2D eigenvalue weighted by molar-refractivity contribution is -0.123. The van der Waals surface area contributed by atoms with Gasteiger partial charge in [-0.25, -0.2) is 17.2 Å². The molecule has 3 aliphatic rings. The van der Waals surface area contributed by atoms with Gasteiger partial charge in [0.1, 0.15) is 10.6 Å². The van der Waals surface area contributed by atoms with Crippen molar-refractivity contribution in [1.82, 2.24) is 5.32 Å². The van der Waals surface area contributed by atoms with Gasteiger partial charge in [-0.2, -0.15) is 0 Å². The highest BCUT2D eigenvalue weighted by molar-refractivity contribution is 7.92. The number of hydrogen-bond acceptors (Lipinski definition) is 4. The Morgan fingerprint density at radius 2 is 1.75 bits per heavy atom. The first-order valence-electron chi connectivity index (χ1n) is 10.7. The molecule has 5 rings (SSSR count). The van der Waals surface area contributed by atoms with Crippen LogP contribution in [-0.2, 0) is 19.4 Å². The minimum Gasteiger partial charge on any atom is -0.490 e. The predicted octanol–water partition coefficient (Wildman–Crippen LogP) is 4.37. The van der Waals surface area contributed by atoms with Gasteiger partial charge in [0.15, 0.2) is 21.4 Å². The number of nitrogens with one attached hydrogen (secondary N) is 1. The third-order valence-electron chi connectivity index (χ3n) is 6.90. The highest BCUT2D eigenvalue weighted by Crippen LogP contribution is 2.56. The quantitative estimate of drug-likeness (QED) is 0.703. The first-order chi connectivity index (χ1) is 15.2. The zero-order valence-corrected chi connectivity index (χ0v) is 18.7. The Balaban J connectivity index is 1.62. The average molecular weight is 482 g/mol. The van der Waals surface area contributed by atoms with Crippen molar-refractivity contribution in [3.63, 3.8) is 0 Å². The Morgan fingerprint density at radius 3 is 2.44 bits per heavy atom. The predicted molar refractivity (Wildman–Crippen MR) is 114 cm³/mol. The molecule has 32 heavy (non-hydrogen) atoms. The summed E-state index contributed by atoms with van der Waals surface area (Å²) in [6.45, 7) is -0.0873. The summed E-state index contributed by atoms with van der Waals surface area (Å²) in [6, 6.07) is 7.34. The maximum Gasteiger partial charge on any atom is 0.223 e. The summed E-state index contributed by atoms with van der Waals surface area (Å²) in [5, 5.41) is 3.37. The van der Waals surface area contributed by atoms with Gasteiger partial charge in [-0.05, 0) is 68.5 Å². The summed E-state index contributed by atoms with van der Waals surface area (Å²) >= 11 is 5.94. The number of carbonyl (C=O) groups excluding carboxylic acids is 1. The molecule has 5 nitrogen and oxygen atoms in total. The topological polar surface area (TPSA) is 72.5 Å². The summed E-state index contributed by atoms with van der Waals surface area (Å²) in [4.78, 5) is 12.3. The van der Waals surface area contributed by atoms with Gasteiger partial charge in [-0.1, -0.05) is 11.6 Å². The van der Waals surface area contributed by atoms with Gasteiger partial charge >= 0.3 is 0 Å². The van der Waals surface area contributed by atoms with Gasteiger partial charge in [0.25, 0.3) is 0 Å². The van der Waals surface area contributed by atoms with Crippen molar-refractivity contribution in [3.05, 3.63) is 58.6 Å². The fourth-order valence-corrected chi connectivity index (χ4v) is 7.63. The van der Waals surface area contributed by atoms with Gasteiger partial charge in [-0.3, -0.25) is 4.79 Å². The molecular weight excluding hydrogens is 460 g/mol. The smallest absolute Gasteiger partial charge is 0.223 e. The van der Waals surface area contributed by atoms with Crippen molar-refractivity contribution in [1.29, 1.82) is 0 Å². The van der Waals surface area contributed by atoms with Crippen molar-refractivity contribution < 1.29 is 26.7 Å². The van der Waals surface area contributed by atoms with Crippen LogP contribution >= 0.6 is 11.6 Å². The molecule has 0 spiro atoms. The van der Waals surface area contributed by atoms with E-state index >= 15 is 4.39 Å². The molecule has 1 N–H and O–H groups in total. The van der Waals surface area contributed by atoms with E-state index in [1.54, 1.807) is 0 Å². The first kappa shape index (κ1) is 21.6. The summed E-state index contributed by atoms with van der Waals surface area (Å²) < 4.78 is 61.8. The lowest BCUT2D eigenvalue weighted by atomic mass is 9.71. The van der Waals surface area contributed by atoms with E-state index in [9.17, 15) is 17.6 Å². The second-order valence-electron chi connectivity index (χ2n) is 8.84. The third-order valence-corrected chi connectivity index (χ3v) is 9.75. The molecule has 2 aromatic rings. The van der Waals surface area contributed by atoms with E-state index in [0.29, 0.717) is 17.9 Å². The van der Waals surface area contributed by atoms with E-state index in [1.807, 2.05) is 0 Å². The van der Waals surface area contributed by atoms with Crippen LogP contribution in [0.25, 0.3) is 0 Å². The molecule has 2 aliphatic carbocycles. The van der Waals surface area contributed by atoms with Gasteiger partial charge in [0.05, 0.1) is 17.1 Å². The number of ether oxygens (including phenoxy) is 1. The van der Waals surface area contributed by atoms with Crippen molar-refractivity contribution in [2.75, 3.05) is 6.61 Å². The molecular formula is C23H22ClF2NO4S. The van der Waals surface area contributed by atoms with E-state index in [1.165, 1.54) is 24.3 Å². The molecule has 0 bridgehead atoms. The minimum atomic E-state index is -4.17. The van der Waals surface area contributed by atoms with Crippen LogP contribution < -0.4 is 10.1 Å². The molecule has 1 aliphatic heterocycles. The van der Waals surface area contributed by atoms with Crippen molar-refractivity contribution in [2.24, 2.45) is 11.8 Å². The average Bonchev–Trinajstić information content (AvgIpc) is 3.61. The molecule has 1 heterocycles. The highest BCUT2D eigenvalue weighted by atomic mass is 35.5. The van der Waals surface area contributed by atoms with Crippen molar-refractivity contribution >= 4 is 27.3 Å². The number of rotatable bonds is 4. The number of benzene rings is 2. The zero-order valence-electron chi connectivity index (χ0n) is 17.1. The van der Waals surface area contributed by atoms with Gasteiger partial charge in [-0.15, -0.1) is 0 Å². The van der Waals surface area contributed by atoms with E-state index in [-0.39, 0.29) is 47.1 Å². The second-order valence-corrected chi connectivity index (χ2v) is 11.5. The molecule has 2 saturated carbocycles. The number of hydrogen-bond donors (Lipinski definition) is 1. The van der Waals surface area contributed by atoms with Crippen molar-refractivity contribution in [2.45, 2.75) is 47.8 Å². The SMILES string of the molecule is O=C(N[C@@H]1CC[C@@]2(S(=O)(=O)c3ccc(Cl)cc3)c3c(F)ccc(F)c3OC[C@H]2C1)C1CC1. The lowest BCUT2D eigenvalue weighted by Crippen LogP contribution is -2.55. The monoisotopic (exact) mass is 481 g/mol. The van der Waals surface area contributed by atoms with Crippen LogP contribution in [0.2, 0.25) is 5.02 Å². The Kier molecular flexibility index (Phi) is 5.21. The van der Waals surface area contributed by atoms with Crippen LogP contribution in [0.5, 0.6) is 5.75 Å². The fourth-order valence-electron chi connectivity index (χ4n) is 5.14. The minimum absolute atomic E-state index is 0.0103. The summed E-state index contributed by atoms with van der Waals surface area (Å²) in [5.41, 5.74) is -0.254. The number of sulfone groups is 1. The highest BCUT2D eigenvalue weighted by Gasteiger charge is 2.59. The molecule has 9 heteroatoms. The lowest BCUT2D eigenvalue weighted by Gasteiger charge is -2.49. The Bertz CT molecular complexity index is 1180. The van der Waals surface area contributed by atoms with Crippen molar-refractivity contribution in [3.8, 4) is 5.75 Å². The van der Waals surface area contributed by atoms with Crippen LogP contribution in [0.15, 0.2) is 41.3 Å². The molecule has 3 atom stereocenters. The molecule has 170 valence electrons. The van der Waals surface area contributed by atoms with Crippen LogP contribution in [-0.4, -0.2) is 27.0 Å². The van der Waals surface area contributed by atoms with E-state index in [2.05, 4.69) is 5.32 Å². The standard InChI is InChI=1S/C23H22ClF2NO4S/c24-15-3-5-17(6-4-15)32(29,30)23-10-9-16(27-22(28)13-1-2-13)11-14(23)12-31-21-19(26)8-7-18(25)20(21)23/h3-8,13-14,16H,1-2,9-12H2,(H,27,28)/t14-,16-,23+/m1/s1. The summed E-state index contributed by atoms with van der Waals surface area (Å²) in [7, 11) is -4.17. The van der Waals surface area contributed by atoms with Crippen LogP contribution in [0.4, 0.5) is 8.78 Å². The van der Waals surface area contributed by atoms with Crippen LogP contribution in [0, 0.1) is 23.5 Å². The number of amides is 1. The van der Waals surface area contributed by atoms with E-state index in [4.69, 9.17) is 16.3 Å². The zero-order chi connectivity index (χ0) is 22.7. The summed E-state index contributed by atoms with van der Waals surface area (Å²) in [5.74, 6) is -2.63. The second kappa shape index (κ2) is 7.70. The molecule has 1 amide bonds. The van der Waals surface area contributed by atoms with Gasteiger partial charge in [0.2, 0.25) is 5.91 Å².